The zero-order chi connectivity index (χ0) is 22.0. The van der Waals surface area contributed by atoms with Gasteiger partial charge in [0.05, 0.1) is 6.20 Å². The van der Waals surface area contributed by atoms with Crippen molar-refractivity contribution in [3.8, 4) is 11.6 Å². The first kappa shape index (κ1) is 20.1. The van der Waals surface area contributed by atoms with Crippen LogP contribution in [-0.4, -0.2) is 42.0 Å². The molecule has 4 N–H and O–H groups in total. The van der Waals surface area contributed by atoms with Crippen molar-refractivity contribution in [2.24, 2.45) is 0 Å². The second kappa shape index (κ2) is 7.94. The maximum atomic E-state index is 13.0. The van der Waals surface area contributed by atoms with Crippen LogP contribution in [0.4, 0.5) is 4.39 Å². The first-order chi connectivity index (χ1) is 14.9. The van der Waals surface area contributed by atoms with E-state index < -0.39 is 40.5 Å². The van der Waals surface area contributed by atoms with E-state index >= 15 is 0 Å². The molecule has 2 aromatic heterocycles. The van der Waals surface area contributed by atoms with Gasteiger partial charge in [-0.2, -0.15) is 4.98 Å². The Morgan fingerprint density at radius 3 is 2.45 bits per heavy atom. The molecule has 4 rings (SSSR count). The summed E-state index contributed by atoms with van der Waals surface area (Å²) >= 11 is 0. The Morgan fingerprint density at radius 1 is 1.06 bits per heavy atom. The average Bonchev–Trinajstić information content (AvgIpc) is 3.56. The molecule has 1 aliphatic carbocycles. The monoisotopic (exact) mass is 424 g/mol. The van der Waals surface area contributed by atoms with E-state index in [9.17, 15) is 24.2 Å². The van der Waals surface area contributed by atoms with Gasteiger partial charge in [-0.25, -0.2) is 14.4 Å². The maximum Gasteiger partial charge on any atom is 0.274 e. The molecule has 0 bridgehead atoms. The van der Waals surface area contributed by atoms with Crippen LogP contribution in [0.2, 0.25) is 0 Å². The van der Waals surface area contributed by atoms with Gasteiger partial charge >= 0.3 is 0 Å². The van der Waals surface area contributed by atoms with Crippen LogP contribution in [0.3, 0.4) is 0 Å². The van der Waals surface area contributed by atoms with Crippen molar-refractivity contribution in [2.45, 2.75) is 24.9 Å². The molecule has 2 heterocycles. The number of aromatic hydroxyl groups is 2. The lowest BCUT2D eigenvalue weighted by Crippen LogP contribution is -2.37. The van der Waals surface area contributed by atoms with Crippen LogP contribution in [0.1, 0.15) is 45.2 Å². The highest BCUT2D eigenvalue weighted by atomic mass is 19.1. The molecule has 11 heteroatoms. The van der Waals surface area contributed by atoms with Crippen LogP contribution in [-0.2, 0) is 12.1 Å². The Balaban J connectivity index is 1.54. The van der Waals surface area contributed by atoms with Gasteiger partial charge in [-0.1, -0.05) is 12.1 Å². The van der Waals surface area contributed by atoms with Crippen molar-refractivity contribution in [1.82, 2.24) is 30.6 Å². The molecule has 3 aromatic rings. The first-order valence-electron chi connectivity index (χ1n) is 9.29. The van der Waals surface area contributed by atoms with Gasteiger partial charge in [0.15, 0.2) is 11.5 Å². The van der Waals surface area contributed by atoms with Crippen molar-refractivity contribution >= 4 is 11.8 Å². The molecule has 158 valence electrons. The van der Waals surface area contributed by atoms with Gasteiger partial charge < -0.3 is 20.8 Å². The maximum absolute atomic E-state index is 13.0. The minimum Gasteiger partial charge on any atom is -0.501 e. The van der Waals surface area contributed by atoms with Crippen LogP contribution in [0, 0.1) is 5.82 Å². The highest BCUT2D eigenvalue weighted by Crippen LogP contribution is 2.45. The number of halogens is 1. The lowest BCUT2D eigenvalue weighted by molar-refractivity contribution is 0.0922. The summed E-state index contributed by atoms with van der Waals surface area (Å²) in [6.07, 6.45) is 5.05. The summed E-state index contributed by atoms with van der Waals surface area (Å²) in [5, 5.41) is 25.4. The molecule has 0 atom stereocenters. The molecular formula is C20H17FN6O4. The second-order valence-corrected chi connectivity index (χ2v) is 7.00. The van der Waals surface area contributed by atoms with Gasteiger partial charge in [-0.15, -0.1) is 0 Å². The predicted octanol–water partition coefficient (Wildman–Crippen LogP) is 1.17. The third-order valence-corrected chi connectivity index (χ3v) is 4.77. The highest BCUT2D eigenvalue weighted by molar-refractivity contribution is 5.95. The van der Waals surface area contributed by atoms with Crippen LogP contribution >= 0.6 is 0 Å². The summed E-state index contributed by atoms with van der Waals surface area (Å²) in [5.41, 5.74) is -0.715. The summed E-state index contributed by atoms with van der Waals surface area (Å²) in [4.78, 5) is 40.7. The summed E-state index contributed by atoms with van der Waals surface area (Å²) in [7, 11) is 0. The molecule has 0 radical (unpaired) electrons. The Kier molecular flexibility index (Phi) is 5.15. The van der Waals surface area contributed by atoms with Crippen LogP contribution in [0.5, 0.6) is 11.6 Å². The Morgan fingerprint density at radius 2 is 1.81 bits per heavy atom. The molecule has 0 aliphatic heterocycles. The second-order valence-electron chi connectivity index (χ2n) is 7.00. The quantitative estimate of drug-likeness (QED) is 0.460. The van der Waals surface area contributed by atoms with Gasteiger partial charge in [0.2, 0.25) is 5.75 Å². The van der Waals surface area contributed by atoms with Crippen molar-refractivity contribution in [2.75, 3.05) is 0 Å². The number of aromatic nitrogens is 4. The smallest absolute Gasteiger partial charge is 0.274 e. The van der Waals surface area contributed by atoms with Crippen LogP contribution < -0.4 is 10.6 Å². The van der Waals surface area contributed by atoms with Gasteiger partial charge in [0, 0.05) is 18.9 Å². The van der Waals surface area contributed by atoms with E-state index in [-0.39, 0.29) is 18.1 Å². The molecular weight excluding hydrogens is 407 g/mol. The topological polar surface area (TPSA) is 150 Å². The summed E-state index contributed by atoms with van der Waals surface area (Å²) in [5.74, 6) is -3.25. The molecule has 1 saturated carbocycles. The highest BCUT2D eigenvalue weighted by Gasteiger charge is 2.49. The number of rotatable bonds is 6. The number of carbonyl (C=O) groups excluding carboxylic acids is 2. The Bertz CT molecular complexity index is 1140. The van der Waals surface area contributed by atoms with E-state index in [1.165, 1.54) is 42.9 Å². The molecule has 0 unspecified atom stereocenters. The van der Waals surface area contributed by atoms with E-state index in [1.807, 2.05) is 0 Å². The predicted molar refractivity (Wildman–Crippen MR) is 103 cm³/mol. The number of hydrogen-bond donors (Lipinski definition) is 4. The molecule has 1 aromatic carbocycles. The minimum atomic E-state index is -0.994. The lowest BCUT2D eigenvalue weighted by atomic mass is 10.2. The fraction of sp³-hybridized carbons (Fsp3) is 0.200. The molecule has 0 saturated heterocycles. The SMILES string of the molecule is O=C(NC1(c2nc(O)c(O)c(C(=O)NCc3ccc(F)cc3)n2)CC1)c1cnccn1. The number of nitrogens with one attached hydrogen (secondary N) is 2. The number of carbonyl (C=O) groups is 2. The van der Waals surface area contributed by atoms with Gasteiger partial charge in [-0.3, -0.25) is 14.6 Å². The zero-order valence-electron chi connectivity index (χ0n) is 16.0. The van der Waals surface area contributed by atoms with Gasteiger partial charge in [-0.05, 0) is 30.5 Å². The fourth-order valence-corrected chi connectivity index (χ4v) is 2.91. The molecule has 31 heavy (non-hydrogen) atoms. The largest absolute Gasteiger partial charge is 0.501 e. The number of amides is 2. The standard InChI is InChI=1S/C20H17FN6O4/c21-12-3-1-11(2-4-12)9-24-17(30)14-15(28)18(31)26-19(25-14)20(5-6-20)27-16(29)13-10-22-7-8-23-13/h1-4,7-8,10,28H,5-6,9H2,(H,24,30)(H,27,29)(H,25,26,31). The van der Waals surface area contributed by atoms with Crippen LogP contribution in [0.15, 0.2) is 42.9 Å². The third kappa shape index (κ3) is 4.25. The van der Waals surface area contributed by atoms with Crippen molar-refractivity contribution < 1.29 is 24.2 Å². The average molecular weight is 424 g/mol. The van der Waals surface area contributed by atoms with Gasteiger partial charge in [0.1, 0.15) is 17.1 Å². The van der Waals surface area contributed by atoms with Crippen molar-refractivity contribution in [3.63, 3.8) is 0 Å². The van der Waals surface area contributed by atoms with E-state index in [1.54, 1.807) is 0 Å². The van der Waals surface area contributed by atoms with E-state index in [2.05, 4.69) is 30.6 Å². The molecule has 10 nitrogen and oxygen atoms in total. The molecule has 1 fully saturated rings. The summed E-state index contributed by atoms with van der Waals surface area (Å²) in [6, 6.07) is 5.51. The van der Waals surface area contributed by atoms with E-state index in [0.717, 1.165) is 0 Å². The van der Waals surface area contributed by atoms with Crippen molar-refractivity contribution in [3.05, 3.63) is 71.4 Å². The van der Waals surface area contributed by atoms with E-state index in [4.69, 9.17) is 0 Å². The Labute approximate surface area is 175 Å². The lowest BCUT2D eigenvalue weighted by Gasteiger charge is -2.17. The molecule has 1 aliphatic rings. The number of benzene rings is 1. The fourth-order valence-electron chi connectivity index (χ4n) is 2.91. The van der Waals surface area contributed by atoms with Crippen molar-refractivity contribution in [1.29, 1.82) is 0 Å². The molecule has 2 amide bonds. The normalized spacial score (nSPS) is 14.0. The zero-order valence-corrected chi connectivity index (χ0v) is 16.0. The summed E-state index contributed by atoms with van der Waals surface area (Å²) in [6.45, 7) is 0.0488. The number of hydrogen-bond acceptors (Lipinski definition) is 8. The molecule has 0 spiro atoms. The Hall–Kier alpha value is -4.15. The summed E-state index contributed by atoms with van der Waals surface area (Å²) < 4.78 is 13.0. The number of nitrogens with zero attached hydrogens (tertiary/aromatic N) is 4. The van der Waals surface area contributed by atoms with Gasteiger partial charge in [0.25, 0.3) is 17.7 Å². The van der Waals surface area contributed by atoms with E-state index in [0.29, 0.717) is 18.4 Å². The minimum absolute atomic E-state index is 0.00743. The first-order valence-corrected chi connectivity index (χ1v) is 9.29. The third-order valence-electron chi connectivity index (χ3n) is 4.77. The van der Waals surface area contributed by atoms with Crippen LogP contribution in [0.25, 0.3) is 0 Å².